The summed E-state index contributed by atoms with van der Waals surface area (Å²) in [7, 11) is 0. The van der Waals surface area contributed by atoms with Crippen molar-refractivity contribution in [2.45, 2.75) is 142 Å². The summed E-state index contributed by atoms with van der Waals surface area (Å²) in [5.41, 5.74) is 1.70. The quantitative estimate of drug-likeness (QED) is 0.0687. The van der Waals surface area contributed by atoms with Crippen LogP contribution in [0.5, 0.6) is 11.5 Å². The molecule has 0 fully saturated rings. The van der Waals surface area contributed by atoms with Gasteiger partial charge in [-0.25, -0.2) is 0 Å². The van der Waals surface area contributed by atoms with Gasteiger partial charge in [-0.2, -0.15) is 0 Å². The molecule has 3 rings (SSSR count). The molecule has 2 heterocycles. The fourth-order valence-corrected chi connectivity index (χ4v) is 6.32. The monoisotopic (exact) mass is 704 g/mol. The Bertz CT molecular complexity index is 1080. The Morgan fingerprint density at radius 2 is 0.786 bits per heavy atom. The summed E-state index contributed by atoms with van der Waals surface area (Å²) in [6, 6.07) is 4.18. The highest BCUT2D eigenvalue weighted by Crippen LogP contribution is 2.44. The molecule has 0 unspecified atom stereocenters. The fraction of sp³-hybridized carbons (Fsp3) is 0.667. The lowest BCUT2D eigenvalue weighted by atomic mass is 10.1. The van der Waals surface area contributed by atoms with Crippen molar-refractivity contribution < 1.29 is 9.47 Å². The molecule has 0 bridgehead atoms. The fourth-order valence-electron chi connectivity index (χ4n) is 5.66. The zero-order valence-electron chi connectivity index (χ0n) is 26.3. The van der Waals surface area contributed by atoms with Crippen molar-refractivity contribution in [1.29, 1.82) is 0 Å². The van der Waals surface area contributed by atoms with Crippen molar-refractivity contribution >= 4 is 53.7 Å². The van der Waals surface area contributed by atoms with E-state index in [4.69, 9.17) is 19.4 Å². The lowest BCUT2D eigenvalue weighted by molar-refractivity contribution is 0.263. The van der Waals surface area contributed by atoms with Gasteiger partial charge in [0.25, 0.3) is 0 Å². The summed E-state index contributed by atoms with van der Waals surface area (Å²) in [5.74, 6) is 1.60. The molecule has 0 aliphatic heterocycles. The van der Waals surface area contributed by atoms with Crippen LogP contribution in [0.15, 0.2) is 33.5 Å². The number of aromatic nitrogens is 2. The van der Waals surface area contributed by atoms with Crippen molar-refractivity contribution in [3.05, 3.63) is 33.5 Å². The molecule has 0 aliphatic rings. The van der Waals surface area contributed by atoms with E-state index in [1.54, 1.807) is 0 Å². The van der Waals surface area contributed by atoms with Crippen LogP contribution in [0.4, 0.5) is 0 Å². The second-order valence-corrected chi connectivity index (χ2v) is 13.6. The summed E-state index contributed by atoms with van der Waals surface area (Å²) < 4.78 is 14.9. The van der Waals surface area contributed by atoms with E-state index < -0.39 is 0 Å². The molecule has 0 saturated heterocycles. The SMILES string of the molecule is CCCCCCCCCCCCOc1c(OCCCCCCCCCCCC)c2cc(Br)cnc2c2ncc(Br)cc12. The van der Waals surface area contributed by atoms with Crippen LogP contribution in [0.3, 0.4) is 0 Å². The van der Waals surface area contributed by atoms with Crippen LogP contribution >= 0.6 is 31.9 Å². The highest BCUT2D eigenvalue weighted by Gasteiger charge is 2.20. The smallest absolute Gasteiger partial charge is 0.171 e. The largest absolute Gasteiger partial charge is 0.489 e. The molecule has 1 aromatic carbocycles. The Hall–Kier alpha value is -1.40. The minimum absolute atomic E-state index is 0.680. The second kappa shape index (κ2) is 21.3. The van der Waals surface area contributed by atoms with Gasteiger partial charge < -0.3 is 9.47 Å². The van der Waals surface area contributed by atoms with Gasteiger partial charge in [0.2, 0.25) is 0 Å². The topological polar surface area (TPSA) is 44.2 Å². The predicted molar refractivity (Wildman–Crippen MR) is 187 cm³/mol. The molecule has 0 spiro atoms. The number of halogens is 2. The van der Waals surface area contributed by atoms with E-state index in [0.29, 0.717) is 13.2 Å². The van der Waals surface area contributed by atoms with E-state index in [2.05, 4.69) is 57.8 Å². The van der Waals surface area contributed by atoms with E-state index in [0.717, 1.165) is 55.1 Å². The average Bonchev–Trinajstić information content (AvgIpc) is 2.99. The Balaban J connectivity index is 1.58. The van der Waals surface area contributed by atoms with Crippen LogP contribution in [0, 0.1) is 0 Å². The second-order valence-electron chi connectivity index (χ2n) is 11.8. The molecule has 0 amide bonds. The molecule has 42 heavy (non-hydrogen) atoms. The summed E-state index contributed by atoms with van der Waals surface area (Å²) in [5, 5.41) is 1.91. The molecule has 3 aromatic rings. The van der Waals surface area contributed by atoms with Gasteiger partial charge in [0.15, 0.2) is 11.5 Å². The molecule has 0 N–H and O–H groups in total. The number of pyridine rings is 2. The molecule has 0 aliphatic carbocycles. The third-order valence-electron chi connectivity index (χ3n) is 8.12. The first-order valence-corrected chi connectivity index (χ1v) is 18.6. The number of nitrogens with zero attached hydrogens (tertiary/aromatic N) is 2. The molecule has 0 saturated carbocycles. The maximum Gasteiger partial charge on any atom is 0.171 e. The number of hydrogen-bond donors (Lipinski definition) is 0. The Morgan fingerprint density at radius 3 is 1.12 bits per heavy atom. The van der Waals surface area contributed by atoms with E-state index >= 15 is 0 Å². The van der Waals surface area contributed by atoms with Gasteiger partial charge in [-0.1, -0.05) is 129 Å². The summed E-state index contributed by atoms with van der Waals surface area (Å²) >= 11 is 7.26. The molecular weight excluding hydrogens is 652 g/mol. The van der Waals surface area contributed by atoms with Gasteiger partial charge in [-0.3, -0.25) is 9.97 Å². The van der Waals surface area contributed by atoms with Crippen LogP contribution in [-0.2, 0) is 0 Å². The number of hydrogen-bond acceptors (Lipinski definition) is 4. The van der Waals surface area contributed by atoms with Crippen molar-refractivity contribution in [1.82, 2.24) is 9.97 Å². The normalized spacial score (nSPS) is 11.5. The maximum atomic E-state index is 6.55. The standard InChI is InChI=1S/C36H54Br2N2O2/c1-3-5-7-9-11-13-15-17-19-21-23-41-35-31-25-29(37)27-39-33(31)34-32(26-30(38)28-40-34)36(35)42-24-22-20-18-16-14-12-10-8-6-4-2/h25-28H,3-24H2,1-2H3. The van der Waals surface area contributed by atoms with Gasteiger partial charge in [0.05, 0.1) is 13.2 Å². The molecule has 0 atom stereocenters. The molecule has 234 valence electrons. The van der Waals surface area contributed by atoms with Gasteiger partial charge in [0.1, 0.15) is 11.0 Å². The van der Waals surface area contributed by atoms with E-state index in [1.165, 1.54) is 116 Å². The first-order chi connectivity index (χ1) is 20.7. The number of benzene rings is 1. The molecule has 6 heteroatoms. The highest BCUT2D eigenvalue weighted by molar-refractivity contribution is 9.10. The van der Waals surface area contributed by atoms with Crippen LogP contribution in [0.1, 0.15) is 142 Å². The lowest BCUT2D eigenvalue weighted by Gasteiger charge is -2.18. The van der Waals surface area contributed by atoms with E-state index in [9.17, 15) is 0 Å². The number of ether oxygens (including phenoxy) is 2. The highest BCUT2D eigenvalue weighted by atomic mass is 79.9. The van der Waals surface area contributed by atoms with Crippen LogP contribution in [-0.4, -0.2) is 23.2 Å². The van der Waals surface area contributed by atoms with Crippen LogP contribution < -0.4 is 9.47 Å². The van der Waals surface area contributed by atoms with Gasteiger partial charge in [0, 0.05) is 32.1 Å². The van der Waals surface area contributed by atoms with Crippen LogP contribution in [0.2, 0.25) is 0 Å². The minimum Gasteiger partial charge on any atom is -0.489 e. The van der Waals surface area contributed by atoms with Crippen molar-refractivity contribution in [3.8, 4) is 11.5 Å². The molecule has 0 radical (unpaired) electrons. The first kappa shape index (κ1) is 35.1. The van der Waals surface area contributed by atoms with E-state index in [-0.39, 0.29) is 0 Å². The molecular formula is C36H54Br2N2O2. The molecule has 2 aromatic heterocycles. The maximum absolute atomic E-state index is 6.55. The third kappa shape index (κ3) is 12.3. The summed E-state index contributed by atoms with van der Waals surface area (Å²) in [6.45, 7) is 5.92. The van der Waals surface area contributed by atoms with E-state index in [1.807, 2.05) is 12.4 Å². The van der Waals surface area contributed by atoms with Gasteiger partial charge in [-0.05, 0) is 56.8 Å². The zero-order chi connectivity index (χ0) is 29.8. The number of unbranched alkanes of at least 4 members (excludes halogenated alkanes) is 18. The van der Waals surface area contributed by atoms with Crippen molar-refractivity contribution in [2.24, 2.45) is 0 Å². The Kier molecular flexibility index (Phi) is 17.8. The summed E-state index contributed by atoms with van der Waals surface area (Å²) in [4.78, 5) is 9.49. The van der Waals surface area contributed by atoms with Crippen molar-refractivity contribution in [2.75, 3.05) is 13.2 Å². The molecule has 4 nitrogen and oxygen atoms in total. The lowest BCUT2D eigenvalue weighted by Crippen LogP contribution is -2.05. The number of rotatable bonds is 24. The minimum atomic E-state index is 0.680. The first-order valence-electron chi connectivity index (χ1n) is 17.0. The van der Waals surface area contributed by atoms with Gasteiger partial charge >= 0.3 is 0 Å². The third-order valence-corrected chi connectivity index (χ3v) is 8.98. The predicted octanol–water partition coefficient (Wildman–Crippen LogP) is 12.9. The Morgan fingerprint density at radius 1 is 0.476 bits per heavy atom. The van der Waals surface area contributed by atoms with Gasteiger partial charge in [-0.15, -0.1) is 0 Å². The zero-order valence-corrected chi connectivity index (χ0v) is 29.5. The summed E-state index contributed by atoms with van der Waals surface area (Å²) in [6.07, 6.45) is 29.8. The average molecular weight is 707 g/mol. The number of fused-ring (bicyclic) bond motifs is 3. The van der Waals surface area contributed by atoms with Crippen LogP contribution in [0.25, 0.3) is 21.8 Å². The Labute approximate surface area is 272 Å². The van der Waals surface area contributed by atoms with Crippen molar-refractivity contribution in [3.63, 3.8) is 0 Å².